The Bertz CT molecular complexity index is 3780. The van der Waals surface area contributed by atoms with Gasteiger partial charge in [0.1, 0.15) is 35.5 Å². The first-order valence-electron chi connectivity index (χ1n) is 24.8. The first kappa shape index (κ1) is 27.6. The molecule has 62 heavy (non-hydrogen) atoms. The lowest BCUT2D eigenvalue weighted by molar-refractivity contribution is 0.483. The third-order valence-electron chi connectivity index (χ3n) is 11.7. The van der Waals surface area contributed by atoms with Gasteiger partial charge in [-0.15, -0.1) is 0 Å². The molecule has 10 bridgehead atoms. The van der Waals surface area contributed by atoms with Gasteiger partial charge in [-0.3, -0.25) is 4.57 Å². The van der Waals surface area contributed by atoms with Crippen molar-refractivity contribution in [1.29, 1.82) is 0 Å². The Morgan fingerprint density at radius 3 is 2.16 bits per heavy atom. The van der Waals surface area contributed by atoms with Gasteiger partial charge in [-0.1, -0.05) is 109 Å². The van der Waals surface area contributed by atoms with E-state index in [1.807, 2.05) is 72.8 Å². The molecular weight excluding hydrogens is 761 g/mol. The number of fused-ring (bicyclic) bond motifs is 5. The van der Waals surface area contributed by atoms with Crippen molar-refractivity contribution in [1.82, 2.24) is 9.55 Å². The van der Waals surface area contributed by atoms with Crippen LogP contribution < -0.4 is 19.3 Å². The van der Waals surface area contributed by atoms with Gasteiger partial charge in [0.2, 0.25) is 0 Å². The first-order chi connectivity index (χ1) is 34.2. The van der Waals surface area contributed by atoms with Crippen molar-refractivity contribution in [2.75, 3.05) is 16.5 Å². The van der Waals surface area contributed by atoms with E-state index in [0.29, 0.717) is 51.7 Å². The molecule has 0 amide bonds. The zero-order valence-electron chi connectivity index (χ0n) is 42.1. The van der Waals surface area contributed by atoms with Gasteiger partial charge >= 0.3 is 0 Å². The number of hydrogen-bond donors (Lipinski definition) is 0. The molecule has 2 aromatic heterocycles. The van der Waals surface area contributed by atoms with Gasteiger partial charge in [-0.05, 0) is 103 Å². The summed E-state index contributed by atoms with van der Waals surface area (Å²) < 4.78 is 93.4. The average Bonchev–Trinajstić information content (AvgIpc) is 3.92. The normalized spacial score (nSPS) is 15.3. The molecule has 0 atom stereocenters. The second kappa shape index (κ2) is 14.3. The Balaban J connectivity index is 1.11. The highest BCUT2D eigenvalue weighted by Gasteiger charge is 2.32. The number of rotatable bonds is 1. The topological polar surface area (TPSA) is 42.8 Å². The lowest BCUT2D eigenvalue weighted by atomic mass is 9.94. The summed E-state index contributed by atoms with van der Waals surface area (Å²) in [7, 11) is 0. The van der Waals surface area contributed by atoms with Crippen LogP contribution in [0.5, 0.6) is 23.0 Å². The largest absolute Gasteiger partial charge is 0.457 e. The van der Waals surface area contributed by atoms with E-state index < -0.39 is 37.4 Å². The van der Waals surface area contributed by atoms with Crippen LogP contribution in [0, 0.1) is 13.7 Å². The highest BCUT2D eigenvalue weighted by molar-refractivity contribution is 6.10. The molecule has 0 aliphatic carbocycles. The Morgan fingerprint density at radius 1 is 0.548 bits per heavy atom. The molecule has 296 valence electrons. The second-order valence-electron chi connectivity index (χ2n) is 15.4. The van der Waals surface area contributed by atoms with E-state index >= 15 is 0 Å². The number of hydrogen-bond acceptors (Lipinski definition) is 5. The monoisotopic (exact) mass is 809 g/mol. The van der Waals surface area contributed by atoms with E-state index in [9.17, 15) is 2.74 Å². The van der Waals surface area contributed by atoms with Crippen LogP contribution in [0.25, 0.3) is 61.0 Å². The zero-order valence-corrected chi connectivity index (χ0v) is 33.1. The quantitative estimate of drug-likeness (QED) is 0.165. The van der Waals surface area contributed by atoms with Crippen molar-refractivity contribution in [3.63, 3.8) is 0 Å². The van der Waals surface area contributed by atoms with Crippen LogP contribution in [0.1, 0.15) is 23.5 Å². The van der Waals surface area contributed by atoms with E-state index in [0.717, 1.165) is 45.0 Å². The molecule has 10 aromatic rings. The number of pyridine rings is 1. The van der Waals surface area contributed by atoms with Crippen LogP contribution >= 0.6 is 0 Å². The standard InChI is InChI=1S/C56H40N4O2/c1-36-22-29-50-48(30-36)45-28-27-43-33-53(45)60(50)55-31-37(2)49(34-57-55)39-23-25-41(26-24-39)62-54-21-9-6-16-46(54)47-18-11-17-44(38-12-4-3-5-13-38)56(47)59-35-58(51-19-7-8-20-52(51)59)40-14-10-15-42(32-40)61-43/h3-34H,35H2,1-2H3/i1D3,2D3,22D,29D,30D. The molecule has 0 N–H and O–H groups in total. The van der Waals surface area contributed by atoms with Crippen molar-refractivity contribution in [3.8, 4) is 62.2 Å². The molecule has 0 spiro atoms. The first-order valence-corrected chi connectivity index (χ1v) is 20.3. The maximum absolute atomic E-state index is 9.27. The summed E-state index contributed by atoms with van der Waals surface area (Å²) in [6.07, 6.45) is 1.46. The van der Waals surface area contributed by atoms with Gasteiger partial charge in [-0.2, -0.15) is 0 Å². The summed E-state index contributed by atoms with van der Waals surface area (Å²) in [6, 6.07) is 52.8. The van der Waals surface area contributed by atoms with Gasteiger partial charge in [0.15, 0.2) is 0 Å². The number of anilines is 4. The molecule has 6 heteroatoms. The van der Waals surface area contributed by atoms with Gasteiger partial charge in [-0.25, -0.2) is 4.98 Å². The van der Waals surface area contributed by atoms with E-state index in [1.54, 1.807) is 42.5 Å². The predicted molar refractivity (Wildman–Crippen MR) is 253 cm³/mol. The van der Waals surface area contributed by atoms with Crippen molar-refractivity contribution >= 4 is 44.6 Å². The molecule has 0 saturated heterocycles. The van der Waals surface area contributed by atoms with Crippen LogP contribution in [0.15, 0.2) is 194 Å². The highest BCUT2D eigenvalue weighted by atomic mass is 16.5. The summed E-state index contributed by atoms with van der Waals surface area (Å²) in [5, 5.41) is 0.514. The van der Waals surface area contributed by atoms with Crippen LogP contribution in [0.2, 0.25) is 0 Å². The van der Waals surface area contributed by atoms with E-state index in [-0.39, 0.29) is 22.3 Å². The summed E-state index contributed by atoms with van der Waals surface area (Å²) in [6.45, 7) is -5.07. The fraction of sp³-hybridized carbons (Fsp3) is 0.0536. The van der Waals surface area contributed by atoms with Crippen molar-refractivity contribution < 1.29 is 21.8 Å². The number of ether oxygens (including phenoxy) is 2. The van der Waals surface area contributed by atoms with Crippen molar-refractivity contribution in [2.45, 2.75) is 13.7 Å². The summed E-state index contributed by atoms with van der Waals surface area (Å²) in [5.41, 5.74) is 8.41. The van der Waals surface area contributed by atoms with E-state index in [1.165, 1.54) is 16.8 Å². The molecule has 8 aromatic carbocycles. The van der Waals surface area contributed by atoms with Gasteiger partial charge in [0.05, 0.1) is 32.2 Å². The number of para-hydroxylation sites is 4. The molecule has 4 aliphatic rings. The van der Waals surface area contributed by atoms with Crippen LogP contribution in [0.3, 0.4) is 0 Å². The Morgan fingerprint density at radius 2 is 1.29 bits per heavy atom. The average molecular weight is 810 g/mol. The minimum atomic E-state index is -2.86. The second-order valence-corrected chi connectivity index (χ2v) is 15.4. The molecule has 0 saturated carbocycles. The van der Waals surface area contributed by atoms with Gasteiger partial charge < -0.3 is 19.3 Å². The summed E-state index contributed by atoms with van der Waals surface area (Å²) in [5.74, 6) is 2.10. The number of aryl methyl sites for hydroxylation is 1. The number of nitrogens with zero attached hydrogens (tertiary/aromatic N) is 4. The molecule has 6 heterocycles. The van der Waals surface area contributed by atoms with Crippen LogP contribution in [-0.4, -0.2) is 16.2 Å². The fourth-order valence-corrected chi connectivity index (χ4v) is 8.88. The molecule has 14 rings (SSSR count). The third-order valence-corrected chi connectivity index (χ3v) is 11.7. The van der Waals surface area contributed by atoms with Gasteiger partial charge in [0, 0.05) is 65.3 Å². The smallest absolute Gasteiger partial charge is 0.137 e. The lowest BCUT2D eigenvalue weighted by Crippen LogP contribution is -2.25. The van der Waals surface area contributed by atoms with Crippen LogP contribution in [0.4, 0.5) is 22.7 Å². The molecule has 4 aliphatic heterocycles. The highest BCUT2D eigenvalue weighted by Crippen LogP contribution is 2.52. The van der Waals surface area contributed by atoms with E-state index in [2.05, 4.69) is 58.3 Å². The summed E-state index contributed by atoms with van der Waals surface area (Å²) in [4.78, 5) is 9.38. The Hall–Kier alpha value is -8.09. The molecule has 0 fully saturated rings. The lowest BCUT2D eigenvalue weighted by Gasteiger charge is -2.28. The Labute approximate surface area is 372 Å². The van der Waals surface area contributed by atoms with E-state index in [4.69, 9.17) is 24.1 Å². The predicted octanol–water partition coefficient (Wildman–Crippen LogP) is 14.9. The summed E-state index contributed by atoms with van der Waals surface area (Å²) >= 11 is 0. The SMILES string of the molecule is [2H]c1c(C([2H])([2H])[2H])c([2H])c2c3ccc4cc3n(c2c1[2H])-c1cc(C([2H])([2H])[2H])c(cn1)-c1ccc(cc1)Oc1ccccc1-c1cccc(-c2ccccc2)c1N1CN(c2cccc(c2)O4)c2ccccc21. The minimum absolute atomic E-state index is 0.0375. The molecule has 6 nitrogen and oxygen atoms in total. The fourth-order valence-electron chi connectivity index (χ4n) is 8.88. The minimum Gasteiger partial charge on any atom is -0.457 e. The van der Waals surface area contributed by atoms with Crippen molar-refractivity contribution in [3.05, 3.63) is 205 Å². The molecule has 0 unspecified atom stereocenters. The Kier molecular flexibility index (Phi) is 6.36. The van der Waals surface area contributed by atoms with Crippen molar-refractivity contribution in [2.24, 2.45) is 0 Å². The zero-order chi connectivity index (χ0) is 48.9. The third kappa shape index (κ3) is 5.91. The number of benzene rings is 8. The maximum Gasteiger partial charge on any atom is 0.137 e. The van der Waals surface area contributed by atoms with Crippen LogP contribution in [-0.2, 0) is 0 Å². The molecular formula is C56H40N4O2. The van der Waals surface area contributed by atoms with Gasteiger partial charge in [0.25, 0.3) is 0 Å². The number of aromatic nitrogens is 2. The molecule has 0 radical (unpaired) electrons. The maximum atomic E-state index is 9.27.